The fourth-order valence-electron chi connectivity index (χ4n) is 4.91. The van der Waals surface area contributed by atoms with Crippen molar-refractivity contribution < 1.29 is 4.74 Å². The minimum atomic E-state index is 0.393. The van der Waals surface area contributed by atoms with Crippen LogP contribution in [0.25, 0.3) is 0 Å². The standard InChI is InChI=1S/C20H22O/c1-14-13-20(12-11-15-5-3-4-6-18(15)20)19(14)16-7-9-17(21-2)10-8-16/h3-10,14,19H,11-13H2,1-2H3/t14-,19-,20+/m1/s1. The van der Waals surface area contributed by atoms with E-state index in [1.165, 1.54) is 24.8 Å². The average Bonchev–Trinajstić information content (AvgIpc) is 2.89. The van der Waals surface area contributed by atoms with Gasteiger partial charge in [-0.3, -0.25) is 0 Å². The Morgan fingerprint density at radius 2 is 1.81 bits per heavy atom. The summed E-state index contributed by atoms with van der Waals surface area (Å²) in [6.45, 7) is 2.40. The van der Waals surface area contributed by atoms with Crippen LogP contribution in [-0.2, 0) is 11.8 Å². The van der Waals surface area contributed by atoms with Gasteiger partial charge < -0.3 is 4.74 Å². The summed E-state index contributed by atoms with van der Waals surface area (Å²) in [5.74, 6) is 2.38. The third-order valence-electron chi connectivity index (χ3n) is 5.72. The van der Waals surface area contributed by atoms with E-state index in [1.807, 2.05) is 0 Å². The van der Waals surface area contributed by atoms with Gasteiger partial charge in [0.25, 0.3) is 0 Å². The molecule has 0 saturated heterocycles. The van der Waals surface area contributed by atoms with E-state index in [-0.39, 0.29) is 0 Å². The summed E-state index contributed by atoms with van der Waals surface area (Å²) in [7, 11) is 1.73. The SMILES string of the molecule is COc1ccc([C@H]2[C@H](C)C[C@]23CCc2ccccc23)cc1. The number of fused-ring (bicyclic) bond motifs is 2. The van der Waals surface area contributed by atoms with Crippen molar-refractivity contribution in [3.05, 3.63) is 65.2 Å². The summed E-state index contributed by atoms with van der Waals surface area (Å²) >= 11 is 0. The fraction of sp³-hybridized carbons (Fsp3) is 0.400. The molecule has 21 heavy (non-hydrogen) atoms. The maximum atomic E-state index is 5.30. The van der Waals surface area contributed by atoms with Crippen LogP contribution in [0.5, 0.6) is 5.75 Å². The number of hydrogen-bond acceptors (Lipinski definition) is 1. The molecule has 2 aromatic carbocycles. The molecule has 0 heterocycles. The van der Waals surface area contributed by atoms with E-state index in [0.717, 1.165) is 11.7 Å². The first-order valence-electron chi connectivity index (χ1n) is 7.97. The van der Waals surface area contributed by atoms with Gasteiger partial charge in [0.05, 0.1) is 7.11 Å². The summed E-state index contributed by atoms with van der Waals surface area (Å²) in [5.41, 5.74) is 5.06. The third kappa shape index (κ3) is 1.76. The van der Waals surface area contributed by atoms with Crippen LogP contribution in [0.1, 0.15) is 42.4 Å². The van der Waals surface area contributed by atoms with Crippen molar-refractivity contribution in [2.75, 3.05) is 7.11 Å². The number of ether oxygens (including phenoxy) is 1. The Labute approximate surface area is 127 Å². The fourth-order valence-corrected chi connectivity index (χ4v) is 4.91. The van der Waals surface area contributed by atoms with E-state index >= 15 is 0 Å². The monoisotopic (exact) mass is 278 g/mol. The second-order valence-electron chi connectivity index (χ2n) is 6.75. The van der Waals surface area contributed by atoms with Crippen LogP contribution in [0.15, 0.2) is 48.5 Å². The Balaban J connectivity index is 1.74. The molecule has 1 saturated carbocycles. The maximum Gasteiger partial charge on any atom is 0.118 e. The van der Waals surface area contributed by atoms with Crippen molar-refractivity contribution >= 4 is 0 Å². The predicted octanol–water partition coefficient (Wildman–Crippen LogP) is 4.70. The minimum Gasteiger partial charge on any atom is -0.497 e. The molecular formula is C20H22O. The van der Waals surface area contributed by atoms with Gasteiger partial charge in [-0.25, -0.2) is 0 Å². The molecule has 0 aromatic heterocycles. The zero-order valence-electron chi connectivity index (χ0n) is 12.8. The van der Waals surface area contributed by atoms with Crippen LogP contribution in [0, 0.1) is 5.92 Å². The largest absolute Gasteiger partial charge is 0.497 e. The second kappa shape index (κ2) is 4.62. The highest BCUT2D eigenvalue weighted by atomic mass is 16.5. The molecule has 4 rings (SSSR count). The van der Waals surface area contributed by atoms with Gasteiger partial charge in [-0.1, -0.05) is 43.3 Å². The smallest absolute Gasteiger partial charge is 0.118 e. The molecule has 0 N–H and O–H groups in total. The molecule has 1 nitrogen and oxygen atoms in total. The Kier molecular flexibility index (Phi) is 2.85. The summed E-state index contributed by atoms with van der Waals surface area (Å²) in [6, 6.07) is 17.8. The molecule has 2 aliphatic carbocycles. The predicted molar refractivity (Wildman–Crippen MR) is 86.0 cm³/mol. The van der Waals surface area contributed by atoms with Crippen molar-refractivity contribution in [2.24, 2.45) is 5.92 Å². The lowest BCUT2D eigenvalue weighted by molar-refractivity contribution is 0.108. The van der Waals surface area contributed by atoms with Crippen molar-refractivity contribution in [3.8, 4) is 5.75 Å². The van der Waals surface area contributed by atoms with Crippen LogP contribution in [0.4, 0.5) is 0 Å². The van der Waals surface area contributed by atoms with Gasteiger partial charge in [0.2, 0.25) is 0 Å². The van der Waals surface area contributed by atoms with E-state index < -0.39 is 0 Å². The molecule has 0 amide bonds. The van der Waals surface area contributed by atoms with E-state index in [0.29, 0.717) is 11.3 Å². The Morgan fingerprint density at radius 1 is 1.05 bits per heavy atom. The van der Waals surface area contributed by atoms with Crippen molar-refractivity contribution in [1.82, 2.24) is 0 Å². The van der Waals surface area contributed by atoms with Crippen LogP contribution in [0.3, 0.4) is 0 Å². The number of rotatable bonds is 2. The van der Waals surface area contributed by atoms with E-state index in [4.69, 9.17) is 4.74 Å². The third-order valence-corrected chi connectivity index (χ3v) is 5.72. The van der Waals surface area contributed by atoms with Crippen LogP contribution in [0.2, 0.25) is 0 Å². The van der Waals surface area contributed by atoms with Crippen molar-refractivity contribution in [3.63, 3.8) is 0 Å². The second-order valence-corrected chi connectivity index (χ2v) is 6.75. The Hall–Kier alpha value is -1.76. The van der Waals surface area contributed by atoms with Gasteiger partial charge in [0, 0.05) is 5.41 Å². The number of aryl methyl sites for hydroxylation is 1. The zero-order valence-corrected chi connectivity index (χ0v) is 12.8. The summed E-state index contributed by atoms with van der Waals surface area (Å²) in [5, 5.41) is 0. The van der Waals surface area contributed by atoms with Gasteiger partial charge >= 0.3 is 0 Å². The molecule has 1 fully saturated rings. The molecule has 2 aliphatic rings. The normalized spacial score (nSPS) is 30.0. The first-order valence-corrected chi connectivity index (χ1v) is 7.97. The highest BCUT2D eigenvalue weighted by Crippen LogP contribution is 2.63. The minimum absolute atomic E-state index is 0.393. The van der Waals surface area contributed by atoms with E-state index in [9.17, 15) is 0 Å². The lowest BCUT2D eigenvalue weighted by Crippen LogP contribution is -2.47. The molecule has 108 valence electrons. The zero-order chi connectivity index (χ0) is 14.4. The molecule has 0 aliphatic heterocycles. The van der Waals surface area contributed by atoms with E-state index in [2.05, 4.69) is 55.5 Å². The molecule has 0 bridgehead atoms. The molecule has 1 spiro atoms. The highest BCUT2D eigenvalue weighted by Gasteiger charge is 2.55. The van der Waals surface area contributed by atoms with Crippen LogP contribution in [-0.4, -0.2) is 7.11 Å². The molecular weight excluding hydrogens is 256 g/mol. The number of hydrogen-bond donors (Lipinski definition) is 0. The lowest BCUT2D eigenvalue weighted by atomic mass is 9.50. The van der Waals surface area contributed by atoms with Gasteiger partial charge in [-0.05, 0) is 59.9 Å². The topological polar surface area (TPSA) is 9.23 Å². The average molecular weight is 278 g/mol. The highest BCUT2D eigenvalue weighted by molar-refractivity contribution is 5.47. The molecule has 3 atom stereocenters. The van der Waals surface area contributed by atoms with Gasteiger partial charge in [0.1, 0.15) is 5.75 Å². The molecule has 0 radical (unpaired) electrons. The number of benzene rings is 2. The van der Waals surface area contributed by atoms with Gasteiger partial charge in [0.15, 0.2) is 0 Å². The maximum absolute atomic E-state index is 5.30. The first kappa shape index (κ1) is 12.9. The molecule has 0 unspecified atom stereocenters. The van der Waals surface area contributed by atoms with Crippen LogP contribution >= 0.6 is 0 Å². The quantitative estimate of drug-likeness (QED) is 0.773. The van der Waals surface area contributed by atoms with Crippen molar-refractivity contribution in [1.29, 1.82) is 0 Å². The Bertz CT molecular complexity index is 654. The molecule has 2 aromatic rings. The number of methoxy groups -OCH3 is 1. The Morgan fingerprint density at radius 3 is 2.52 bits per heavy atom. The lowest BCUT2D eigenvalue weighted by Gasteiger charge is -2.53. The van der Waals surface area contributed by atoms with Gasteiger partial charge in [-0.2, -0.15) is 0 Å². The summed E-state index contributed by atoms with van der Waals surface area (Å²) < 4.78 is 5.30. The van der Waals surface area contributed by atoms with E-state index in [1.54, 1.807) is 18.2 Å². The van der Waals surface area contributed by atoms with Crippen molar-refractivity contribution in [2.45, 2.75) is 37.5 Å². The summed E-state index contributed by atoms with van der Waals surface area (Å²) in [4.78, 5) is 0. The van der Waals surface area contributed by atoms with Crippen LogP contribution < -0.4 is 4.74 Å². The summed E-state index contributed by atoms with van der Waals surface area (Å²) in [6.07, 6.45) is 3.89. The molecule has 1 heteroatoms. The van der Waals surface area contributed by atoms with Gasteiger partial charge in [-0.15, -0.1) is 0 Å². The first-order chi connectivity index (χ1) is 10.2.